The fourth-order valence-corrected chi connectivity index (χ4v) is 2.46. The molecule has 0 aliphatic heterocycles. The van der Waals surface area contributed by atoms with Gasteiger partial charge in [-0.3, -0.25) is 4.79 Å². The van der Waals surface area contributed by atoms with Crippen molar-refractivity contribution >= 4 is 15.9 Å². The molecule has 23 heavy (non-hydrogen) atoms. The minimum atomic E-state index is -3.78. The molecular formula is C15H14F2N2O3S. The number of carbonyl (C=O) groups excluding carboxylic acids is 1. The Kier molecular flexibility index (Phi) is 4.76. The average molecular weight is 340 g/mol. The number of benzene rings is 2. The summed E-state index contributed by atoms with van der Waals surface area (Å²) >= 11 is 0. The molecule has 1 atom stereocenters. The second-order valence-corrected chi connectivity index (χ2v) is 6.50. The Morgan fingerprint density at radius 2 is 1.70 bits per heavy atom. The predicted molar refractivity (Wildman–Crippen MR) is 80.1 cm³/mol. The first-order valence-electron chi connectivity index (χ1n) is 6.57. The van der Waals surface area contributed by atoms with Crippen LogP contribution in [0.1, 0.15) is 28.9 Å². The lowest BCUT2D eigenvalue weighted by Crippen LogP contribution is -2.26. The van der Waals surface area contributed by atoms with Gasteiger partial charge in [0, 0.05) is 5.56 Å². The smallest absolute Gasteiger partial charge is 0.251 e. The van der Waals surface area contributed by atoms with Crippen LogP contribution in [0.5, 0.6) is 0 Å². The van der Waals surface area contributed by atoms with Crippen LogP contribution >= 0.6 is 0 Å². The van der Waals surface area contributed by atoms with Gasteiger partial charge in [-0.25, -0.2) is 22.3 Å². The van der Waals surface area contributed by atoms with Crippen molar-refractivity contribution in [3.8, 4) is 0 Å². The summed E-state index contributed by atoms with van der Waals surface area (Å²) in [5.41, 5.74) is 0.616. The van der Waals surface area contributed by atoms with E-state index in [2.05, 4.69) is 5.32 Å². The number of rotatable bonds is 4. The third kappa shape index (κ3) is 4.11. The Morgan fingerprint density at radius 1 is 1.09 bits per heavy atom. The molecule has 2 aromatic rings. The number of nitrogens with two attached hydrogens (primary N) is 1. The van der Waals surface area contributed by atoms with E-state index >= 15 is 0 Å². The average Bonchev–Trinajstić information content (AvgIpc) is 2.49. The third-order valence-electron chi connectivity index (χ3n) is 3.24. The van der Waals surface area contributed by atoms with Gasteiger partial charge in [-0.2, -0.15) is 0 Å². The summed E-state index contributed by atoms with van der Waals surface area (Å²) in [5, 5.41) is 7.61. The van der Waals surface area contributed by atoms with Crippen molar-refractivity contribution < 1.29 is 22.0 Å². The van der Waals surface area contributed by atoms with Gasteiger partial charge in [0.1, 0.15) is 0 Å². The maximum absolute atomic E-state index is 13.1. The fourth-order valence-electron chi connectivity index (χ4n) is 1.95. The lowest BCUT2D eigenvalue weighted by molar-refractivity contribution is 0.0939. The summed E-state index contributed by atoms with van der Waals surface area (Å²) in [6.45, 7) is 1.67. The van der Waals surface area contributed by atoms with E-state index in [1.807, 2.05) is 0 Å². The summed E-state index contributed by atoms with van der Waals surface area (Å²) in [6.07, 6.45) is 0. The topological polar surface area (TPSA) is 89.3 Å². The summed E-state index contributed by atoms with van der Waals surface area (Å²) in [7, 11) is -3.78. The Hall–Kier alpha value is -2.32. The number of halogens is 2. The maximum Gasteiger partial charge on any atom is 0.251 e. The molecule has 2 rings (SSSR count). The van der Waals surface area contributed by atoms with E-state index in [9.17, 15) is 22.0 Å². The Labute approximate surface area is 132 Å². The van der Waals surface area contributed by atoms with Crippen molar-refractivity contribution in [3.05, 3.63) is 65.2 Å². The van der Waals surface area contributed by atoms with Crippen LogP contribution < -0.4 is 10.5 Å². The molecule has 5 nitrogen and oxygen atoms in total. The van der Waals surface area contributed by atoms with Crippen molar-refractivity contribution in [2.24, 2.45) is 5.14 Å². The van der Waals surface area contributed by atoms with E-state index in [1.165, 1.54) is 30.3 Å². The summed E-state index contributed by atoms with van der Waals surface area (Å²) in [4.78, 5) is 12.0. The molecule has 0 bridgehead atoms. The van der Waals surface area contributed by atoms with Crippen LogP contribution in [0.4, 0.5) is 8.78 Å². The molecule has 0 aliphatic carbocycles. The van der Waals surface area contributed by atoms with Crippen LogP contribution in [0.25, 0.3) is 0 Å². The summed E-state index contributed by atoms with van der Waals surface area (Å²) in [5.74, 6) is -2.72. The highest BCUT2D eigenvalue weighted by molar-refractivity contribution is 7.89. The van der Waals surface area contributed by atoms with Crippen molar-refractivity contribution in [1.82, 2.24) is 5.32 Å². The Balaban J connectivity index is 2.13. The molecule has 122 valence electrons. The number of amides is 1. The highest BCUT2D eigenvalue weighted by atomic mass is 32.2. The molecule has 0 fully saturated rings. The lowest BCUT2D eigenvalue weighted by atomic mass is 10.1. The zero-order valence-corrected chi connectivity index (χ0v) is 12.9. The first-order chi connectivity index (χ1) is 10.7. The fraction of sp³-hybridized carbons (Fsp3) is 0.133. The molecule has 0 aliphatic rings. The summed E-state index contributed by atoms with van der Waals surface area (Å²) in [6, 6.07) is 8.05. The lowest BCUT2D eigenvalue weighted by Gasteiger charge is -2.15. The number of carbonyl (C=O) groups is 1. The molecular weight excluding hydrogens is 326 g/mol. The second-order valence-electron chi connectivity index (χ2n) is 4.94. The van der Waals surface area contributed by atoms with Gasteiger partial charge in [0.25, 0.3) is 5.91 Å². The molecule has 1 unspecified atom stereocenters. The second kappa shape index (κ2) is 6.43. The van der Waals surface area contributed by atoms with E-state index in [1.54, 1.807) is 6.92 Å². The van der Waals surface area contributed by atoms with Gasteiger partial charge in [-0.1, -0.05) is 12.1 Å². The van der Waals surface area contributed by atoms with Gasteiger partial charge in [-0.05, 0) is 42.8 Å². The van der Waals surface area contributed by atoms with Gasteiger partial charge in [0.15, 0.2) is 11.6 Å². The molecule has 8 heteroatoms. The number of hydrogen-bond acceptors (Lipinski definition) is 3. The molecule has 0 heterocycles. The van der Waals surface area contributed by atoms with Crippen molar-refractivity contribution in [2.45, 2.75) is 17.9 Å². The van der Waals surface area contributed by atoms with Crippen molar-refractivity contribution in [3.63, 3.8) is 0 Å². The Morgan fingerprint density at radius 3 is 2.22 bits per heavy atom. The number of primary sulfonamides is 1. The van der Waals surface area contributed by atoms with E-state index in [4.69, 9.17) is 5.14 Å². The van der Waals surface area contributed by atoms with Crippen LogP contribution in [0.2, 0.25) is 0 Å². The normalized spacial score (nSPS) is 12.7. The zero-order valence-electron chi connectivity index (χ0n) is 12.1. The first-order valence-corrected chi connectivity index (χ1v) is 8.12. The molecule has 2 aromatic carbocycles. The van der Waals surface area contributed by atoms with Gasteiger partial charge in [-0.15, -0.1) is 0 Å². The molecule has 1 amide bonds. The van der Waals surface area contributed by atoms with Gasteiger partial charge >= 0.3 is 0 Å². The van der Waals surface area contributed by atoms with Crippen LogP contribution in [0.3, 0.4) is 0 Å². The first kappa shape index (κ1) is 17.0. The Bertz CT molecular complexity index is 836. The van der Waals surface area contributed by atoms with Crippen molar-refractivity contribution in [1.29, 1.82) is 0 Å². The van der Waals surface area contributed by atoms with Gasteiger partial charge in [0.05, 0.1) is 10.9 Å². The molecule has 0 saturated heterocycles. The quantitative estimate of drug-likeness (QED) is 0.893. The molecule has 0 aromatic heterocycles. The SMILES string of the molecule is CC(NC(=O)c1ccc(F)c(F)c1)c1ccc(S(N)(=O)=O)cc1. The highest BCUT2D eigenvalue weighted by Gasteiger charge is 2.14. The minimum Gasteiger partial charge on any atom is -0.346 e. The van der Waals surface area contributed by atoms with Crippen molar-refractivity contribution in [2.75, 3.05) is 0 Å². The van der Waals surface area contributed by atoms with Gasteiger partial charge < -0.3 is 5.32 Å². The van der Waals surface area contributed by atoms with E-state index in [0.717, 1.165) is 12.1 Å². The highest BCUT2D eigenvalue weighted by Crippen LogP contribution is 2.16. The number of hydrogen-bond donors (Lipinski definition) is 2. The molecule has 0 saturated carbocycles. The molecule has 0 radical (unpaired) electrons. The third-order valence-corrected chi connectivity index (χ3v) is 4.17. The largest absolute Gasteiger partial charge is 0.346 e. The molecule has 3 N–H and O–H groups in total. The number of sulfonamides is 1. The van der Waals surface area contributed by atoms with Crippen LogP contribution in [-0.2, 0) is 10.0 Å². The van der Waals surface area contributed by atoms with E-state index in [-0.39, 0.29) is 10.5 Å². The standard InChI is InChI=1S/C15H14F2N2O3S/c1-9(10-2-5-12(6-3-10)23(18,21)22)19-15(20)11-4-7-13(16)14(17)8-11/h2-9H,1H3,(H,19,20)(H2,18,21,22). The van der Waals surface area contributed by atoms with Crippen LogP contribution in [0, 0.1) is 11.6 Å². The number of nitrogens with one attached hydrogen (secondary N) is 1. The minimum absolute atomic E-state index is 0.0168. The van der Waals surface area contributed by atoms with Crippen LogP contribution in [-0.4, -0.2) is 14.3 Å². The van der Waals surface area contributed by atoms with E-state index in [0.29, 0.717) is 5.56 Å². The monoisotopic (exact) mass is 340 g/mol. The van der Waals surface area contributed by atoms with Crippen LogP contribution in [0.15, 0.2) is 47.4 Å². The van der Waals surface area contributed by atoms with Gasteiger partial charge in [0.2, 0.25) is 10.0 Å². The molecule has 0 spiro atoms. The summed E-state index contributed by atoms with van der Waals surface area (Å²) < 4.78 is 48.3. The predicted octanol–water partition coefficient (Wildman–Crippen LogP) is 2.10. The zero-order chi connectivity index (χ0) is 17.2. The van der Waals surface area contributed by atoms with E-state index < -0.39 is 33.6 Å². The maximum atomic E-state index is 13.1.